The minimum Gasteiger partial charge on any atom is -0.466 e. The number of carbonyl (C=O) groups is 3. The zero-order valence-electron chi connectivity index (χ0n) is 19.0. The molecule has 33 heavy (non-hydrogen) atoms. The van der Waals surface area contributed by atoms with Crippen LogP contribution in [0, 0.1) is 17.8 Å². The predicted molar refractivity (Wildman–Crippen MR) is 128 cm³/mol. The third kappa shape index (κ3) is 4.15. The summed E-state index contributed by atoms with van der Waals surface area (Å²) in [6.45, 7) is 4.64. The maximum absolute atomic E-state index is 13.8. The summed E-state index contributed by atoms with van der Waals surface area (Å²) in [6, 6.07) is 6.22. The number of aliphatic hydroxyl groups is 1. The number of carbonyl (C=O) groups excluding carboxylic acids is 3. The van der Waals surface area contributed by atoms with Crippen LogP contribution in [0.4, 0.5) is 5.69 Å². The van der Waals surface area contributed by atoms with Crippen LogP contribution >= 0.6 is 23.4 Å². The maximum atomic E-state index is 13.8. The van der Waals surface area contributed by atoms with Crippen molar-refractivity contribution in [1.82, 2.24) is 4.90 Å². The Morgan fingerprint density at radius 1 is 1.27 bits per heavy atom. The van der Waals surface area contributed by atoms with E-state index in [-0.39, 0.29) is 42.2 Å². The van der Waals surface area contributed by atoms with Crippen molar-refractivity contribution in [2.45, 2.75) is 55.6 Å². The molecule has 3 aliphatic rings. The number of hydrogen-bond donors (Lipinski definition) is 2. The second-order valence-corrected chi connectivity index (χ2v) is 11.1. The number of nitrogens with zero attached hydrogens (tertiary/aromatic N) is 1. The van der Waals surface area contributed by atoms with Gasteiger partial charge in [0.2, 0.25) is 11.8 Å². The third-order valence-corrected chi connectivity index (χ3v) is 9.55. The Labute approximate surface area is 203 Å². The molecule has 0 radical (unpaired) electrons. The zero-order valence-corrected chi connectivity index (χ0v) is 20.5. The molecule has 0 aliphatic carbocycles. The summed E-state index contributed by atoms with van der Waals surface area (Å²) in [5.41, 5.74) is 0.615. The largest absolute Gasteiger partial charge is 0.466 e. The van der Waals surface area contributed by atoms with Crippen LogP contribution in [-0.4, -0.2) is 63.6 Å². The first-order valence-corrected chi connectivity index (χ1v) is 12.9. The highest BCUT2D eigenvalue weighted by molar-refractivity contribution is 8.02. The number of likely N-dealkylation sites (tertiary alicyclic amines) is 1. The number of ether oxygens (including phenoxy) is 1. The fourth-order valence-corrected chi connectivity index (χ4v) is 8.42. The predicted octanol–water partition coefficient (Wildman–Crippen LogP) is 3.34. The average molecular weight is 495 g/mol. The first-order valence-electron chi connectivity index (χ1n) is 11.7. The molecule has 4 rings (SSSR count). The number of amides is 2. The lowest BCUT2D eigenvalue weighted by atomic mass is 9.66. The van der Waals surface area contributed by atoms with Crippen molar-refractivity contribution in [3.8, 4) is 0 Å². The van der Waals surface area contributed by atoms with E-state index in [1.54, 1.807) is 47.9 Å². The minimum absolute atomic E-state index is 0.0182. The zero-order chi connectivity index (χ0) is 23.8. The van der Waals surface area contributed by atoms with Crippen LogP contribution in [0.25, 0.3) is 0 Å². The van der Waals surface area contributed by atoms with Gasteiger partial charge in [0.1, 0.15) is 6.04 Å². The van der Waals surface area contributed by atoms with E-state index in [1.165, 1.54) is 0 Å². The topological polar surface area (TPSA) is 95.9 Å². The van der Waals surface area contributed by atoms with Gasteiger partial charge >= 0.3 is 5.97 Å². The minimum atomic E-state index is -0.677. The third-order valence-electron chi connectivity index (χ3n) is 7.22. The lowest BCUT2D eigenvalue weighted by Gasteiger charge is -2.38. The summed E-state index contributed by atoms with van der Waals surface area (Å²) in [7, 11) is 0. The number of anilines is 1. The molecule has 2 bridgehead atoms. The first kappa shape index (κ1) is 24.4. The van der Waals surface area contributed by atoms with Crippen molar-refractivity contribution in [1.29, 1.82) is 0 Å². The van der Waals surface area contributed by atoms with E-state index < -0.39 is 22.6 Å². The van der Waals surface area contributed by atoms with Crippen molar-refractivity contribution >= 4 is 46.8 Å². The van der Waals surface area contributed by atoms with Crippen molar-refractivity contribution in [2.24, 2.45) is 17.8 Å². The molecule has 3 heterocycles. The Bertz CT molecular complexity index is 913. The quantitative estimate of drug-likeness (QED) is 0.404. The number of thioether (sulfide) groups is 1. The number of fused-ring (bicyclic) bond motifs is 1. The number of aliphatic hydroxyl groups excluding tert-OH is 1. The molecule has 7 nitrogen and oxygen atoms in total. The normalized spacial score (nSPS) is 32.2. The van der Waals surface area contributed by atoms with Crippen LogP contribution in [0.2, 0.25) is 5.02 Å². The molecule has 1 spiro atoms. The van der Waals surface area contributed by atoms with Crippen molar-refractivity contribution in [3.05, 3.63) is 29.3 Å². The highest BCUT2D eigenvalue weighted by atomic mass is 35.5. The molecule has 3 unspecified atom stereocenters. The highest BCUT2D eigenvalue weighted by Crippen LogP contribution is 2.68. The molecule has 9 heteroatoms. The van der Waals surface area contributed by atoms with E-state index in [1.807, 2.05) is 0 Å². The summed E-state index contributed by atoms with van der Waals surface area (Å²) < 4.78 is 4.69. The van der Waals surface area contributed by atoms with E-state index in [4.69, 9.17) is 21.4 Å². The van der Waals surface area contributed by atoms with Crippen LogP contribution in [0.15, 0.2) is 24.3 Å². The molecule has 3 fully saturated rings. The van der Waals surface area contributed by atoms with E-state index in [9.17, 15) is 14.4 Å². The molecular formula is C24H31ClN2O5S. The molecule has 2 amide bonds. The Morgan fingerprint density at radius 2 is 2.00 bits per heavy atom. The van der Waals surface area contributed by atoms with Crippen molar-refractivity contribution in [2.75, 3.05) is 25.1 Å². The fraction of sp³-hybridized carbons (Fsp3) is 0.625. The Hall–Kier alpha value is -1.77. The van der Waals surface area contributed by atoms with Crippen molar-refractivity contribution < 1.29 is 24.2 Å². The molecule has 3 saturated heterocycles. The van der Waals surface area contributed by atoms with Gasteiger partial charge in [-0.3, -0.25) is 14.4 Å². The van der Waals surface area contributed by atoms with Gasteiger partial charge in [0.15, 0.2) is 0 Å². The summed E-state index contributed by atoms with van der Waals surface area (Å²) >= 11 is 7.62. The van der Waals surface area contributed by atoms with Gasteiger partial charge in [0, 0.05) is 29.1 Å². The Balaban J connectivity index is 1.67. The number of hydrogen-bond acceptors (Lipinski definition) is 6. The smallest absolute Gasteiger partial charge is 0.310 e. The van der Waals surface area contributed by atoms with Gasteiger partial charge in [0.05, 0.1) is 23.2 Å². The molecule has 1 aromatic rings. The summed E-state index contributed by atoms with van der Waals surface area (Å²) in [4.78, 5) is 42.1. The molecule has 2 N–H and O–H groups in total. The van der Waals surface area contributed by atoms with E-state index in [0.29, 0.717) is 30.1 Å². The number of unbranched alkanes of at least 4 members (excludes halogenated alkanes) is 2. The lowest BCUT2D eigenvalue weighted by molar-refractivity contribution is -0.154. The van der Waals surface area contributed by atoms with Gasteiger partial charge in [-0.1, -0.05) is 18.5 Å². The van der Waals surface area contributed by atoms with Gasteiger partial charge in [-0.2, -0.15) is 0 Å². The number of esters is 1. The summed E-state index contributed by atoms with van der Waals surface area (Å²) in [5.74, 6) is -1.67. The summed E-state index contributed by atoms with van der Waals surface area (Å²) in [6.07, 6.45) is 2.88. The second-order valence-electron chi connectivity index (χ2n) is 9.12. The molecule has 6 atom stereocenters. The van der Waals surface area contributed by atoms with Gasteiger partial charge in [0.25, 0.3) is 0 Å². The van der Waals surface area contributed by atoms with Crippen LogP contribution in [0.5, 0.6) is 0 Å². The number of nitrogens with one attached hydrogen (secondary N) is 1. The number of halogens is 1. The van der Waals surface area contributed by atoms with Crippen LogP contribution < -0.4 is 5.32 Å². The van der Waals surface area contributed by atoms with Crippen molar-refractivity contribution in [3.63, 3.8) is 0 Å². The standard InChI is InChI=1S/C24H31ClN2O5S/c1-3-32-23(31)18-17-13-14(2)24(33-17)19(18)22(30)27(11-5-4-6-12-28)20(24)21(29)26-16-9-7-15(25)8-10-16/h7-10,14,17-20,28H,3-6,11-13H2,1-2H3,(H,26,29)/t14?,17-,18+,19-,20?,24?/m0/s1. The van der Waals surface area contributed by atoms with Crippen LogP contribution in [0.1, 0.15) is 39.5 Å². The molecule has 180 valence electrons. The van der Waals surface area contributed by atoms with E-state index >= 15 is 0 Å². The average Bonchev–Trinajstić information content (AvgIpc) is 3.37. The first-order chi connectivity index (χ1) is 15.8. The molecule has 0 saturated carbocycles. The molecule has 3 aliphatic heterocycles. The Morgan fingerprint density at radius 3 is 2.67 bits per heavy atom. The lowest BCUT2D eigenvalue weighted by Crippen LogP contribution is -2.54. The highest BCUT2D eigenvalue weighted by Gasteiger charge is 2.76. The molecule has 0 aromatic heterocycles. The van der Waals surface area contributed by atoms with E-state index in [2.05, 4.69) is 12.2 Å². The number of rotatable bonds is 9. The Kier molecular flexibility index (Phi) is 7.26. The monoisotopic (exact) mass is 494 g/mol. The van der Waals surface area contributed by atoms with Gasteiger partial charge in [-0.25, -0.2) is 0 Å². The maximum Gasteiger partial charge on any atom is 0.310 e. The summed E-state index contributed by atoms with van der Waals surface area (Å²) in [5, 5.41) is 12.7. The van der Waals surface area contributed by atoms with Gasteiger partial charge in [-0.15, -0.1) is 11.8 Å². The molecular weight excluding hydrogens is 464 g/mol. The van der Waals surface area contributed by atoms with Gasteiger partial charge in [-0.05, 0) is 62.8 Å². The van der Waals surface area contributed by atoms with Crippen LogP contribution in [0.3, 0.4) is 0 Å². The number of benzene rings is 1. The second kappa shape index (κ2) is 9.84. The van der Waals surface area contributed by atoms with Gasteiger partial charge < -0.3 is 20.1 Å². The van der Waals surface area contributed by atoms with E-state index in [0.717, 1.165) is 12.8 Å². The molecule has 1 aromatic carbocycles. The van der Waals surface area contributed by atoms with Crippen LogP contribution in [-0.2, 0) is 19.1 Å². The fourth-order valence-electron chi connectivity index (χ4n) is 5.88. The SMILES string of the molecule is CCOC(=O)[C@@H]1[C@@H]2CC(C)C3(S2)C(C(=O)Nc2ccc(Cl)cc2)N(CCCCCO)C(=O)[C@H]13.